The highest BCUT2D eigenvalue weighted by Gasteiger charge is 2.24. The Balaban J connectivity index is 1.67. The van der Waals surface area contributed by atoms with Crippen molar-refractivity contribution in [2.75, 3.05) is 19.0 Å². The fraction of sp³-hybridized carbons (Fsp3) is 0.316. The van der Waals surface area contributed by atoms with Crippen molar-refractivity contribution in [1.82, 2.24) is 34.5 Å². The van der Waals surface area contributed by atoms with E-state index >= 15 is 0 Å². The zero-order valence-corrected chi connectivity index (χ0v) is 17.7. The second kappa shape index (κ2) is 7.34. The number of halogens is 2. The summed E-state index contributed by atoms with van der Waals surface area (Å²) in [4.78, 5) is 12.9. The average Bonchev–Trinajstić information content (AvgIpc) is 3.22. The number of hydrogen-bond acceptors (Lipinski definition) is 8. The lowest BCUT2D eigenvalue weighted by atomic mass is 10.2. The lowest BCUT2D eigenvalue weighted by Gasteiger charge is -2.12. The molecular formula is C19H18ClFN8O2. The SMILES string of the molecule is COc1ncc(F)cc1-n1nc2c(c1C)Nc1ncc3c(Cl)nn(c3n1)C[C@H](C)CO2. The molecule has 1 aliphatic rings. The lowest BCUT2D eigenvalue weighted by molar-refractivity contribution is 0.233. The fourth-order valence-corrected chi connectivity index (χ4v) is 3.70. The number of rotatable bonds is 2. The molecule has 1 atom stereocenters. The van der Waals surface area contributed by atoms with Crippen molar-refractivity contribution in [2.45, 2.75) is 20.4 Å². The number of ether oxygens (including phenoxy) is 2. The van der Waals surface area contributed by atoms with Crippen LogP contribution in [0.25, 0.3) is 16.7 Å². The van der Waals surface area contributed by atoms with E-state index in [9.17, 15) is 4.39 Å². The second-order valence-electron chi connectivity index (χ2n) is 7.30. The first-order valence-corrected chi connectivity index (χ1v) is 9.90. The monoisotopic (exact) mass is 444 g/mol. The van der Waals surface area contributed by atoms with E-state index in [0.717, 1.165) is 6.20 Å². The number of nitrogens with zero attached hydrogens (tertiary/aromatic N) is 7. The van der Waals surface area contributed by atoms with Crippen molar-refractivity contribution in [3.8, 4) is 17.4 Å². The Morgan fingerprint density at radius 1 is 1.29 bits per heavy atom. The zero-order chi connectivity index (χ0) is 21.7. The number of methoxy groups -OCH3 is 1. The van der Waals surface area contributed by atoms with Gasteiger partial charge < -0.3 is 14.8 Å². The quantitative estimate of drug-likeness (QED) is 0.502. The molecule has 31 heavy (non-hydrogen) atoms. The normalized spacial score (nSPS) is 15.8. The van der Waals surface area contributed by atoms with Gasteiger partial charge in [0.15, 0.2) is 10.8 Å². The van der Waals surface area contributed by atoms with Crippen LogP contribution in [0.2, 0.25) is 5.15 Å². The van der Waals surface area contributed by atoms with E-state index in [-0.39, 0.29) is 11.8 Å². The van der Waals surface area contributed by atoms with E-state index < -0.39 is 5.82 Å². The molecular weight excluding hydrogens is 427 g/mol. The third kappa shape index (κ3) is 3.30. The van der Waals surface area contributed by atoms with Crippen LogP contribution >= 0.6 is 11.6 Å². The number of aromatic nitrogens is 7. The van der Waals surface area contributed by atoms with Crippen molar-refractivity contribution >= 4 is 34.3 Å². The predicted octanol–water partition coefficient (Wildman–Crippen LogP) is 3.29. The van der Waals surface area contributed by atoms with Gasteiger partial charge in [-0.05, 0) is 6.92 Å². The highest BCUT2D eigenvalue weighted by atomic mass is 35.5. The molecule has 0 saturated heterocycles. The van der Waals surface area contributed by atoms with E-state index in [1.54, 1.807) is 10.9 Å². The summed E-state index contributed by atoms with van der Waals surface area (Å²) in [5, 5.41) is 13.1. The van der Waals surface area contributed by atoms with Crippen LogP contribution in [0.4, 0.5) is 16.0 Å². The van der Waals surface area contributed by atoms with Gasteiger partial charge in [0.2, 0.25) is 11.8 Å². The lowest BCUT2D eigenvalue weighted by Crippen LogP contribution is -2.16. The smallest absolute Gasteiger partial charge is 0.257 e. The summed E-state index contributed by atoms with van der Waals surface area (Å²) in [6.45, 7) is 4.76. The minimum atomic E-state index is -0.510. The Morgan fingerprint density at radius 3 is 2.94 bits per heavy atom. The van der Waals surface area contributed by atoms with Gasteiger partial charge in [-0.15, -0.1) is 5.10 Å². The average molecular weight is 445 g/mol. The molecule has 0 aromatic carbocycles. The Kier molecular flexibility index (Phi) is 4.62. The first-order chi connectivity index (χ1) is 14.9. The molecule has 160 valence electrons. The molecule has 4 aromatic rings. The summed E-state index contributed by atoms with van der Waals surface area (Å²) >= 11 is 6.24. The maximum absolute atomic E-state index is 13.9. The third-order valence-electron chi connectivity index (χ3n) is 4.97. The Hall–Kier alpha value is -3.47. The standard InChI is InChI=1S/C19H18ClFN8O2/c1-9-7-28-16-12(15(20)26-28)6-23-19(25-16)24-14-10(2)29(27-18(14)31-8-9)13-4-11(21)5-22-17(13)30-3/h4-6,9H,7-8H2,1-3H3,(H,23,24,25)/t9-/m0/s1. The zero-order valence-electron chi connectivity index (χ0n) is 16.9. The molecule has 5 heterocycles. The van der Waals surface area contributed by atoms with Crippen LogP contribution in [-0.4, -0.2) is 48.2 Å². The van der Waals surface area contributed by atoms with Crippen molar-refractivity contribution in [3.05, 3.63) is 35.1 Å². The van der Waals surface area contributed by atoms with Gasteiger partial charge in [-0.3, -0.25) is 0 Å². The van der Waals surface area contributed by atoms with Gasteiger partial charge in [-0.2, -0.15) is 10.1 Å². The van der Waals surface area contributed by atoms with E-state index in [0.29, 0.717) is 58.2 Å². The molecule has 1 N–H and O–H groups in total. The molecule has 0 saturated carbocycles. The van der Waals surface area contributed by atoms with E-state index in [1.807, 2.05) is 13.8 Å². The summed E-state index contributed by atoms with van der Waals surface area (Å²) in [6.07, 6.45) is 2.71. The van der Waals surface area contributed by atoms with Gasteiger partial charge in [0, 0.05) is 24.7 Å². The van der Waals surface area contributed by atoms with Gasteiger partial charge in [0.1, 0.15) is 17.2 Å². The highest BCUT2D eigenvalue weighted by Crippen LogP contribution is 2.35. The van der Waals surface area contributed by atoms with E-state index in [1.165, 1.54) is 17.9 Å². The maximum Gasteiger partial charge on any atom is 0.257 e. The van der Waals surface area contributed by atoms with Crippen LogP contribution in [0.5, 0.6) is 11.8 Å². The summed E-state index contributed by atoms with van der Waals surface area (Å²) in [6, 6.07) is 1.30. The molecule has 0 spiro atoms. The molecule has 10 nitrogen and oxygen atoms in total. The molecule has 5 rings (SSSR count). The Morgan fingerprint density at radius 2 is 2.13 bits per heavy atom. The molecule has 12 heteroatoms. The Bertz CT molecular complexity index is 1300. The first kappa shape index (κ1) is 19.5. The topological polar surface area (TPSA) is 105 Å². The summed E-state index contributed by atoms with van der Waals surface area (Å²) in [5.74, 6) is 0.466. The molecule has 4 aromatic heterocycles. The molecule has 0 amide bonds. The van der Waals surface area contributed by atoms with Gasteiger partial charge in [0.25, 0.3) is 5.88 Å². The molecule has 0 fully saturated rings. The molecule has 0 unspecified atom stereocenters. The summed E-state index contributed by atoms with van der Waals surface area (Å²) < 4.78 is 28.5. The summed E-state index contributed by atoms with van der Waals surface area (Å²) in [7, 11) is 1.46. The number of fused-ring (bicyclic) bond motifs is 2. The third-order valence-corrected chi connectivity index (χ3v) is 5.25. The van der Waals surface area contributed by atoms with E-state index in [4.69, 9.17) is 21.1 Å². The largest absolute Gasteiger partial charge is 0.479 e. The fourth-order valence-electron chi connectivity index (χ4n) is 3.47. The number of pyridine rings is 1. The van der Waals surface area contributed by atoms with Crippen molar-refractivity contribution in [3.63, 3.8) is 0 Å². The number of nitrogens with one attached hydrogen (secondary N) is 1. The van der Waals surface area contributed by atoms with Crippen molar-refractivity contribution < 1.29 is 13.9 Å². The predicted molar refractivity (Wildman–Crippen MR) is 111 cm³/mol. The second-order valence-corrected chi connectivity index (χ2v) is 7.66. The number of anilines is 2. The molecule has 1 aliphatic heterocycles. The van der Waals surface area contributed by atoms with Crippen molar-refractivity contribution in [1.29, 1.82) is 0 Å². The van der Waals surface area contributed by atoms with E-state index in [2.05, 4.69) is 30.5 Å². The first-order valence-electron chi connectivity index (χ1n) is 9.53. The molecule has 0 aliphatic carbocycles. The van der Waals surface area contributed by atoms with Gasteiger partial charge in [0.05, 0.1) is 31.0 Å². The molecule has 0 radical (unpaired) electrons. The minimum Gasteiger partial charge on any atom is -0.479 e. The Labute approximate surface area is 181 Å². The van der Waals surface area contributed by atoms with Crippen LogP contribution in [-0.2, 0) is 6.54 Å². The van der Waals surface area contributed by atoms with Crippen LogP contribution in [0.1, 0.15) is 12.6 Å². The number of hydrogen-bond donors (Lipinski definition) is 1. The summed E-state index contributed by atoms with van der Waals surface area (Å²) in [5.41, 5.74) is 2.16. The van der Waals surface area contributed by atoms with Crippen LogP contribution in [0.3, 0.4) is 0 Å². The van der Waals surface area contributed by atoms with Crippen LogP contribution in [0, 0.1) is 18.7 Å². The van der Waals surface area contributed by atoms with Gasteiger partial charge in [-0.25, -0.2) is 23.7 Å². The van der Waals surface area contributed by atoms with Crippen LogP contribution < -0.4 is 14.8 Å². The van der Waals surface area contributed by atoms with Crippen LogP contribution in [0.15, 0.2) is 18.5 Å². The highest BCUT2D eigenvalue weighted by molar-refractivity contribution is 6.34. The van der Waals surface area contributed by atoms with Gasteiger partial charge in [-0.1, -0.05) is 18.5 Å². The van der Waals surface area contributed by atoms with Crippen molar-refractivity contribution in [2.24, 2.45) is 5.92 Å². The maximum atomic E-state index is 13.9. The molecule has 2 bridgehead atoms. The minimum absolute atomic E-state index is 0.0827. The van der Waals surface area contributed by atoms with Gasteiger partial charge >= 0.3 is 0 Å².